The smallest absolute Gasteiger partial charge is 0.248 e. The Kier molecular flexibility index (Phi) is 5.20. The number of carbonyl (C=O) groups is 2. The van der Waals surface area contributed by atoms with Crippen LogP contribution >= 0.6 is 0 Å². The summed E-state index contributed by atoms with van der Waals surface area (Å²) >= 11 is 0. The zero-order chi connectivity index (χ0) is 20.6. The van der Waals surface area contributed by atoms with Gasteiger partial charge in [-0.15, -0.1) is 0 Å². The molecule has 1 heterocycles. The lowest BCUT2D eigenvalue weighted by Gasteiger charge is -2.30. The fraction of sp³-hybridized carbons (Fsp3) is 0.391. The Morgan fingerprint density at radius 1 is 1.36 bits per heavy atom. The second-order valence-electron chi connectivity index (χ2n) is 8.27. The second-order valence-corrected chi connectivity index (χ2v) is 8.27. The van der Waals surface area contributed by atoms with Crippen LogP contribution in [-0.2, 0) is 6.42 Å². The summed E-state index contributed by atoms with van der Waals surface area (Å²) in [4.78, 5) is 24.4. The van der Waals surface area contributed by atoms with Crippen LogP contribution in [0.15, 0.2) is 36.9 Å². The van der Waals surface area contributed by atoms with Crippen molar-refractivity contribution in [3.8, 4) is 11.4 Å². The number of Topliss-reactive ketones (excluding diaryl/α,β-unsaturated/α-hetero) is 1. The number of hydrogen-bond acceptors (Lipinski definition) is 3. The van der Waals surface area contributed by atoms with Crippen molar-refractivity contribution in [1.29, 1.82) is 0 Å². The van der Waals surface area contributed by atoms with E-state index in [1.165, 1.54) is 0 Å². The van der Waals surface area contributed by atoms with Crippen molar-refractivity contribution in [2.24, 2.45) is 11.1 Å². The summed E-state index contributed by atoms with van der Waals surface area (Å²) in [5.74, 6) is 0.216. The maximum Gasteiger partial charge on any atom is 0.248 e. The maximum absolute atomic E-state index is 12.7. The largest absolute Gasteiger partial charge is 0.484 e. The van der Waals surface area contributed by atoms with E-state index >= 15 is 0 Å². The molecular weight excluding hydrogens is 352 g/mol. The highest BCUT2D eigenvalue weighted by molar-refractivity contribution is 5.99. The van der Waals surface area contributed by atoms with Gasteiger partial charge in [-0.1, -0.05) is 33.4 Å². The number of fused-ring (bicyclic) bond motifs is 1. The van der Waals surface area contributed by atoms with Gasteiger partial charge in [-0.3, -0.25) is 9.59 Å². The molecule has 2 N–H and O–H groups in total. The van der Waals surface area contributed by atoms with Gasteiger partial charge in [0, 0.05) is 28.9 Å². The maximum atomic E-state index is 12.7. The fourth-order valence-corrected chi connectivity index (χ4v) is 3.89. The van der Waals surface area contributed by atoms with Crippen LogP contribution in [0.5, 0.6) is 5.75 Å². The number of rotatable bonds is 6. The fourth-order valence-electron chi connectivity index (χ4n) is 3.89. The molecular formula is C23H28N2O3. The van der Waals surface area contributed by atoms with Gasteiger partial charge in [-0.25, -0.2) is 0 Å². The SMILES string of the molecule is C=CC(CC)Oc1cc(C(N)=O)ccc1-n1c(C)cc2c1CC(C)(C)CC2=O. The Labute approximate surface area is 166 Å². The molecule has 1 atom stereocenters. The molecule has 0 saturated carbocycles. The molecule has 28 heavy (non-hydrogen) atoms. The highest BCUT2D eigenvalue weighted by atomic mass is 16.5. The lowest BCUT2D eigenvalue weighted by Crippen LogP contribution is -2.28. The number of hydrogen-bond donors (Lipinski definition) is 1. The average molecular weight is 380 g/mol. The van der Waals surface area contributed by atoms with Crippen LogP contribution in [0.3, 0.4) is 0 Å². The van der Waals surface area contributed by atoms with E-state index in [9.17, 15) is 9.59 Å². The van der Waals surface area contributed by atoms with Gasteiger partial charge < -0.3 is 15.0 Å². The minimum atomic E-state index is -0.509. The standard InChI is InChI=1S/C23H28N2O3/c1-6-16(7-2)28-21-11-15(22(24)27)8-9-18(21)25-14(3)10-17-19(25)12-23(4,5)13-20(17)26/h6,8-11,16H,1,7,12-13H2,2-5H3,(H2,24,27). The molecule has 1 unspecified atom stereocenters. The molecule has 148 valence electrons. The van der Waals surface area contributed by atoms with E-state index in [1.807, 2.05) is 26.0 Å². The molecule has 0 radical (unpaired) electrons. The predicted octanol–water partition coefficient (Wildman–Crippen LogP) is 4.38. The quantitative estimate of drug-likeness (QED) is 0.756. The van der Waals surface area contributed by atoms with E-state index in [0.717, 1.165) is 35.5 Å². The van der Waals surface area contributed by atoms with Gasteiger partial charge in [-0.05, 0) is 49.4 Å². The lowest BCUT2D eigenvalue weighted by molar-refractivity contribution is 0.0910. The van der Waals surface area contributed by atoms with E-state index in [0.29, 0.717) is 17.7 Å². The first-order valence-corrected chi connectivity index (χ1v) is 9.64. The zero-order valence-corrected chi connectivity index (χ0v) is 17.0. The first-order chi connectivity index (χ1) is 13.2. The summed E-state index contributed by atoms with van der Waals surface area (Å²) in [5, 5.41) is 0. The number of carbonyl (C=O) groups excluding carboxylic acids is 2. The molecule has 0 bridgehead atoms. The van der Waals surface area contributed by atoms with Gasteiger partial charge >= 0.3 is 0 Å². The third-order valence-corrected chi connectivity index (χ3v) is 5.30. The van der Waals surface area contributed by atoms with Crippen LogP contribution in [0.4, 0.5) is 0 Å². The molecule has 2 aromatic rings. The number of ether oxygens (including phenoxy) is 1. The van der Waals surface area contributed by atoms with E-state index in [1.54, 1.807) is 18.2 Å². The van der Waals surface area contributed by atoms with Crippen molar-refractivity contribution in [2.45, 2.75) is 53.1 Å². The summed E-state index contributed by atoms with van der Waals surface area (Å²) in [7, 11) is 0. The third-order valence-electron chi connectivity index (χ3n) is 5.30. The number of nitrogens with zero attached hydrogens (tertiary/aromatic N) is 1. The highest BCUT2D eigenvalue weighted by Gasteiger charge is 2.34. The van der Waals surface area contributed by atoms with Crippen LogP contribution in [0.1, 0.15) is 65.7 Å². The first kappa shape index (κ1) is 19.9. The summed E-state index contributed by atoms with van der Waals surface area (Å²) in [5.41, 5.74) is 9.28. The molecule has 3 rings (SSSR count). The number of aryl methyl sites for hydroxylation is 1. The molecule has 1 aromatic heterocycles. The molecule has 5 nitrogen and oxygen atoms in total. The Balaban J connectivity index is 2.20. The Hall–Kier alpha value is -2.82. The van der Waals surface area contributed by atoms with Gasteiger partial charge in [0.2, 0.25) is 5.91 Å². The van der Waals surface area contributed by atoms with Crippen molar-refractivity contribution in [1.82, 2.24) is 4.57 Å². The minimum Gasteiger partial charge on any atom is -0.484 e. The molecule has 5 heteroatoms. The number of ketones is 1. The molecule has 0 spiro atoms. The summed E-state index contributed by atoms with van der Waals surface area (Å²) in [6.45, 7) is 12.0. The number of aromatic nitrogens is 1. The van der Waals surface area contributed by atoms with E-state index in [4.69, 9.17) is 10.5 Å². The van der Waals surface area contributed by atoms with Gasteiger partial charge in [0.15, 0.2) is 5.78 Å². The van der Waals surface area contributed by atoms with Crippen molar-refractivity contribution < 1.29 is 14.3 Å². The number of amides is 1. The monoisotopic (exact) mass is 380 g/mol. The first-order valence-electron chi connectivity index (χ1n) is 9.64. The van der Waals surface area contributed by atoms with Gasteiger partial charge in [0.05, 0.1) is 5.69 Å². The molecule has 0 aliphatic heterocycles. The van der Waals surface area contributed by atoms with Crippen LogP contribution in [0.2, 0.25) is 0 Å². The van der Waals surface area contributed by atoms with Crippen molar-refractivity contribution in [3.05, 3.63) is 59.4 Å². The van der Waals surface area contributed by atoms with E-state index < -0.39 is 5.91 Å². The van der Waals surface area contributed by atoms with E-state index in [-0.39, 0.29) is 17.3 Å². The molecule has 1 aliphatic carbocycles. The van der Waals surface area contributed by atoms with Crippen molar-refractivity contribution in [3.63, 3.8) is 0 Å². The molecule has 1 amide bonds. The highest BCUT2D eigenvalue weighted by Crippen LogP contribution is 2.39. The van der Waals surface area contributed by atoms with E-state index in [2.05, 4.69) is 25.0 Å². The van der Waals surface area contributed by atoms with Crippen molar-refractivity contribution in [2.75, 3.05) is 0 Å². The molecule has 1 aromatic carbocycles. The van der Waals surface area contributed by atoms with Crippen LogP contribution in [0, 0.1) is 12.3 Å². The predicted molar refractivity (Wildman–Crippen MR) is 110 cm³/mol. The summed E-state index contributed by atoms with van der Waals surface area (Å²) in [6.07, 6.45) is 3.63. The summed E-state index contributed by atoms with van der Waals surface area (Å²) < 4.78 is 8.23. The van der Waals surface area contributed by atoms with Crippen LogP contribution in [-0.4, -0.2) is 22.4 Å². The third kappa shape index (κ3) is 3.61. The van der Waals surface area contributed by atoms with Gasteiger partial charge in [0.25, 0.3) is 0 Å². The molecule has 0 fully saturated rings. The lowest BCUT2D eigenvalue weighted by atomic mass is 9.76. The number of benzene rings is 1. The zero-order valence-electron chi connectivity index (χ0n) is 17.0. The molecule has 1 aliphatic rings. The average Bonchev–Trinajstić information content (AvgIpc) is 2.94. The van der Waals surface area contributed by atoms with Crippen LogP contribution in [0.25, 0.3) is 5.69 Å². The number of nitrogens with two attached hydrogens (primary N) is 1. The van der Waals surface area contributed by atoms with Gasteiger partial charge in [0.1, 0.15) is 11.9 Å². The Bertz CT molecular complexity index is 953. The van der Waals surface area contributed by atoms with Gasteiger partial charge in [-0.2, -0.15) is 0 Å². The van der Waals surface area contributed by atoms with Crippen molar-refractivity contribution >= 4 is 11.7 Å². The Morgan fingerprint density at radius 2 is 2.07 bits per heavy atom. The topological polar surface area (TPSA) is 74.3 Å². The summed E-state index contributed by atoms with van der Waals surface area (Å²) in [6, 6.07) is 7.15. The Morgan fingerprint density at radius 3 is 2.68 bits per heavy atom. The second kappa shape index (κ2) is 7.30. The minimum absolute atomic E-state index is 0.103. The normalized spacial score (nSPS) is 16.4. The number of primary amides is 1. The molecule has 0 saturated heterocycles. The van der Waals surface area contributed by atoms with Crippen LogP contribution < -0.4 is 10.5 Å².